The molecular weight excluding hydrogens is 344 g/mol. The van der Waals surface area contributed by atoms with Crippen molar-refractivity contribution >= 4 is 17.6 Å². The van der Waals surface area contributed by atoms with Crippen molar-refractivity contribution in [1.29, 1.82) is 0 Å². The SMILES string of the molecule is CC(C)NC(=O)Nc1ccc2c(c1)CC(=O)N(C)C[C@H](C)[C@H](CN(C)C)O2. The van der Waals surface area contributed by atoms with Crippen molar-refractivity contribution in [3.63, 3.8) is 0 Å². The van der Waals surface area contributed by atoms with Crippen LogP contribution in [0.2, 0.25) is 0 Å². The molecule has 2 atom stereocenters. The first-order valence-corrected chi connectivity index (χ1v) is 9.41. The number of benzene rings is 1. The van der Waals surface area contributed by atoms with E-state index in [1.165, 1.54) is 0 Å². The molecule has 1 aromatic carbocycles. The molecule has 0 saturated carbocycles. The molecule has 1 aliphatic heterocycles. The van der Waals surface area contributed by atoms with Gasteiger partial charge in [-0.25, -0.2) is 4.79 Å². The number of rotatable bonds is 4. The van der Waals surface area contributed by atoms with Crippen LogP contribution >= 0.6 is 0 Å². The first-order chi connectivity index (χ1) is 12.7. The first kappa shape index (κ1) is 21.0. The Bertz CT molecular complexity index is 675. The van der Waals surface area contributed by atoms with E-state index in [4.69, 9.17) is 4.74 Å². The van der Waals surface area contributed by atoms with Gasteiger partial charge in [-0.3, -0.25) is 4.79 Å². The number of fused-ring (bicyclic) bond motifs is 1. The van der Waals surface area contributed by atoms with Crippen LogP contribution in [0.15, 0.2) is 18.2 Å². The van der Waals surface area contributed by atoms with Crippen molar-refractivity contribution in [2.45, 2.75) is 39.3 Å². The fourth-order valence-corrected chi connectivity index (χ4v) is 3.15. The smallest absolute Gasteiger partial charge is 0.319 e. The maximum atomic E-state index is 12.6. The molecule has 0 aliphatic carbocycles. The van der Waals surface area contributed by atoms with E-state index in [1.807, 2.05) is 53.2 Å². The van der Waals surface area contributed by atoms with Crippen LogP contribution in [0.4, 0.5) is 10.5 Å². The van der Waals surface area contributed by atoms with E-state index in [2.05, 4.69) is 22.5 Å². The summed E-state index contributed by atoms with van der Waals surface area (Å²) in [5.41, 5.74) is 1.43. The number of nitrogens with zero attached hydrogens (tertiary/aromatic N) is 2. The molecule has 2 N–H and O–H groups in total. The fourth-order valence-electron chi connectivity index (χ4n) is 3.15. The van der Waals surface area contributed by atoms with Gasteiger partial charge in [-0.2, -0.15) is 0 Å². The zero-order valence-corrected chi connectivity index (χ0v) is 17.2. The molecule has 0 fully saturated rings. The highest BCUT2D eigenvalue weighted by Gasteiger charge is 2.27. The summed E-state index contributed by atoms with van der Waals surface area (Å²) < 4.78 is 6.31. The normalized spacial score (nSPS) is 20.4. The Balaban J connectivity index is 2.29. The van der Waals surface area contributed by atoms with Gasteiger partial charge in [0.15, 0.2) is 0 Å². The van der Waals surface area contributed by atoms with Crippen LogP contribution < -0.4 is 15.4 Å². The van der Waals surface area contributed by atoms with E-state index in [0.717, 1.165) is 12.1 Å². The van der Waals surface area contributed by atoms with Crippen LogP contribution in [0, 0.1) is 5.92 Å². The Morgan fingerprint density at radius 3 is 2.70 bits per heavy atom. The summed E-state index contributed by atoms with van der Waals surface area (Å²) in [7, 11) is 5.85. The van der Waals surface area contributed by atoms with E-state index in [-0.39, 0.29) is 36.4 Å². The van der Waals surface area contributed by atoms with Crippen LogP contribution in [0.1, 0.15) is 26.3 Å². The van der Waals surface area contributed by atoms with E-state index < -0.39 is 0 Å². The van der Waals surface area contributed by atoms with Crippen molar-refractivity contribution in [2.75, 3.05) is 39.5 Å². The van der Waals surface area contributed by atoms with E-state index in [1.54, 1.807) is 4.90 Å². The maximum Gasteiger partial charge on any atom is 0.319 e. The van der Waals surface area contributed by atoms with Crippen LogP contribution in [-0.2, 0) is 11.2 Å². The van der Waals surface area contributed by atoms with Gasteiger partial charge in [0.25, 0.3) is 0 Å². The molecular formula is C20H32N4O3. The third kappa shape index (κ3) is 6.13. The van der Waals surface area contributed by atoms with Gasteiger partial charge >= 0.3 is 6.03 Å². The fraction of sp³-hybridized carbons (Fsp3) is 0.600. The van der Waals surface area contributed by atoms with Gasteiger partial charge in [-0.15, -0.1) is 0 Å². The van der Waals surface area contributed by atoms with Crippen LogP contribution in [-0.4, -0.2) is 68.1 Å². The summed E-state index contributed by atoms with van der Waals surface area (Å²) in [5.74, 6) is 0.940. The summed E-state index contributed by atoms with van der Waals surface area (Å²) in [4.78, 5) is 28.4. The van der Waals surface area contributed by atoms with Crippen LogP contribution in [0.5, 0.6) is 5.75 Å². The lowest BCUT2D eigenvalue weighted by atomic mass is 10.0. The minimum Gasteiger partial charge on any atom is -0.488 e. The number of hydrogen-bond donors (Lipinski definition) is 2. The van der Waals surface area contributed by atoms with Gasteiger partial charge in [-0.05, 0) is 46.1 Å². The molecule has 0 saturated heterocycles. The van der Waals surface area contributed by atoms with Gasteiger partial charge < -0.3 is 25.2 Å². The topological polar surface area (TPSA) is 73.9 Å². The highest BCUT2D eigenvalue weighted by atomic mass is 16.5. The summed E-state index contributed by atoms with van der Waals surface area (Å²) in [6.07, 6.45) is 0.212. The molecule has 1 aliphatic rings. The third-order valence-electron chi connectivity index (χ3n) is 4.53. The number of hydrogen-bond acceptors (Lipinski definition) is 4. The first-order valence-electron chi connectivity index (χ1n) is 9.41. The third-order valence-corrected chi connectivity index (χ3v) is 4.53. The Labute approximate surface area is 162 Å². The van der Waals surface area contributed by atoms with Crippen LogP contribution in [0.3, 0.4) is 0 Å². The number of nitrogens with one attached hydrogen (secondary N) is 2. The molecule has 0 spiro atoms. The van der Waals surface area contributed by atoms with Gasteiger partial charge in [0.1, 0.15) is 11.9 Å². The largest absolute Gasteiger partial charge is 0.488 e. The van der Waals surface area contributed by atoms with Gasteiger partial charge in [-0.1, -0.05) is 6.92 Å². The van der Waals surface area contributed by atoms with Gasteiger partial charge in [0, 0.05) is 43.3 Å². The minimum atomic E-state index is -0.267. The van der Waals surface area contributed by atoms with Crippen molar-refractivity contribution in [3.8, 4) is 5.75 Å². The second kappa shape index (κ2) is 9.08. The van der Waals surface area contributed by atoms with Gasteiger partial charge in [0.05, 0.1) is 6.42 Å². The molecule has 0 bridgehead atoms. The highest BCUT2D eigenvalue weighted by Crippen LogP contribution is 2.28. The maximum absolute atomic E-state index is 12.6. The molecule has 0 aromatic heterocycles. The number of carbonyl (C=O) groups is 2. The average Bonchev–Trinajstić information content (AvgIpc) is 2.57. The monoisotopic (exact) mass is 376 g/mol. The summed E-state index contributed by atoms with van der Waals surface area (Å²) >= 11 is 0. The summed E-state index contributed by atoms with van der Waals surface area (Å²) in [5, 5.41) is 5.61. The van der Waals surface area contributed by atoms with Crippen molar-refractivity contribution in [3.05, 3.63) is 23.8 Å². The lowest BCUT2D eigenvalue weighted by Gasteiger charge is -2.29. The molecule has 3 amide bonds. The van der Waals surface area contributed by atoms with E-state index in [0.29, 0.717) is 18.0 Å². The number of urea groups is 1. The molecule has 2 rings (SSSR count). The number of ether oxygens (including phenoxy) is 1. The number of anilines is 1. The second-order valence-corrected chi connectivity index (χ2v) is 7.92. The minimum absolute atomic E-state index is 0.0323. The second-order valence-electron chi connectivity index (χ2n) is 7.92. The predicted molar refractivity (Wildman–Crippen MR) is 107 cm³/mol. The number of carbonyl (C=O) groups excluding carboxylic acids is 2. The van der Waals surface area contributed by atoms with Crippen molar-refractivity contribution in [1.82, 2.24) is 15.1 Å². The molecule has 0 unspecified atom stereocenters. The Hall–Kier alpha value is -2.28. The Morgan fingerprint density at radius 2 is 2.07 bits per heavy atom. The molecule has 7 heteroatoms. The molecule has 150 valence electrons. The van der Waals surface area contributed by atoms with Crippen molar-refractivity contribution < 1.29 is 14.3 Å². The predicted octanol–water partition coefficient (Wildman–Crippen LogP) is 2.18. The standard InChI is InChI=1S/C20H32N4O3/c1-13(2)21-20(26)22-16-7-8-17-15(9-16)10-19(25)24(6)11-14(3)18(27-17)12-23(4)5/h7-9,13-14,18H,10-12H2,1-6H3,(H2,21,22,26)/t14-,18-/m0/s1. The zero-order chi connectivity index (χ0) is 20.1. The lowest BCUT2D eigenvalue weighted by Crippen LogP contribution is -2.41. The molecule has 1 aromatic rings. The van der Waals surface area contributed by atoms with Crippen LogP contribution in [0.25, 0.3) is 0 Å². The molecule has 27 heavy (non-hydrogen) atoms. The quantitative estimate of drug-likeness (QED) is 0.845. The highest BCUT2D eigenvalue weighted by molar-refractivity contribution is 5.90. The van der Waals surface area contributed by atoms with Crippen molar-refractivity contribution in [2.24, 2.45) is 5.92 Å². The zero-order valence-electron chi connectivity index (χ0n) is 17.2. The number of amides is 3. The summed E-state index contributed by atoms with van der Waals surface area (Å²) in [6, 6.07) is 5.25. The Morgan fingerprint density at radius 1 is 1.37 bits per heavy atom. The Kier molecular flexibility index (Phi) is 7.07. The number of likely N-dealkylation sites (N-methyl/N-ethyl adjacent to an activating group) is 2. The summed E-state index contributed by atoms with van der Waals surface area (Å²) in [6.45, 7) is 7.32. The molecule has 0 radical (unpaired) electrons. The van der Waals surface area contributed by atoms with Gasteiger partial charge in [0.2, 0.25) is 5.91 Å². The van der Waals surface area contributed by atoms with E-state index in [9.17, 15) is 9.59 Å². The lowest BCUT2D eigenvalue weighted by molar-refractivity contribution is -0.129. The molecule has 1 heterocycles. The van der Waals surface area contributed by atoms with E-state index >= 15 is 0 Å². The molecule has 7 nitrogen and oxygen atoms in total. The average molecular weight is 377 g/mol.